The van der Waals surface area contributed by atoms with Gasteiger partial charge in [-0.15, -0.1) is 0 Å². The molecule has 0 saturated carbocycles. The SMILES string of the molecule is CCCCC/C=C\C/C=C\CC(=O)/C=C/C1OC1CCCC(=O)OC. The highest BCUT2D eigenvalue weighted by Crippen LogP contribution is 2.28. The molecule has 0 spiro atoms. The number of ketones is 1. The van der Waals surface area contributed by atoms with E-state index in [2.05, 4.69) is 23.8 Å². The van der Waals surface area contributed by atoms with Crippen molar-refractivity contribution in [2.75, 3.05) is 7.11 Å². The fraction of sp³-hybridized carbons (Fsp3) is 0.619. The van der Waals surface area contributed by atoms with Gasteiger partial charge in [0, 0.05) is 12.8 Å². The van der Waals surface area contributed by atoms with Crippen molar-refractivity contribution in [2.45, 2.75) is 76.9 Å². The van der Waals surface area contributed by atoms with Gasteiger partial charge in [-0.3, -0.25) is 9.59 Å². The van der Waals surface area contributed by atoms with E-state index in [0.717, 1.165) is 25.7 Å². The van der Waals surface area contributed by atoms with E-state index in [4.69, 9.17) is 4.74 Å². The molecule has 0 aromatic carbocycles. The number of ether oxygens (including phenoxy) is 2. The number of allylic oxidation sites excluding steroid dienone is 5. The number of carbonyl (C=O) groups excluding carboxylic acids is 2. The Labute approximate surface area is 152 Å². The molecule has 1 fully saturated rings. The smallest absolute Gasteiger partial charge is 0.305 e. The molecule has 140 valence electrons. The summed E-state index contributed by atoms with van der Waals surface area (Å²) in [6, 6.07) is 0. The van der Waals surface area contributed by atoms with Gasteiger partial charge in [0.2, 0.25) is 0 Å². The van der Waals surface area contributed by atoms with E-state index < -0.39 is 0 Å². The molecule has 4 nitrogen and oxygen atoms in total. The molecule has 0 amide bonds. The molecule has 0 aliphatic carbocycles. The van der Waals surface area contributed by atoms with Crippen LogP contribution in [-0.2, 0) is 19.1 Å². The first-order valence-corrected chi connectivity index (χ1v) is 9.40. The third kappa shape index (κ3) is 11.5. The van der Waals surface area contributed by atoms with Crippen LogP contribution in [0.15, 0.2) is 36.5 Å². The summed E-state index contributed by atoms with van der Waals surface area (Å²) >= 11 is 0. The van der Waals surface area contributed by atoms with Crippen LogP contribution in [0.25, 0.3) is 0 Å². The summed E-state index contributed by atoms with van der Waals surface area (Å²) in [6.45, 7) is 2.21. The highest BCUT2D eigenvalue weighted by Gasteiger charge is 2.35. The van der Waals surface area contributed by atoms with Crippen molar-refractivity contribution < 1.29 is 19.1 Å². The first-order chi connectivity index (χ1) is 12.2. The van der Waals surface area contributed by atoms with E-state index in [1.807, 2.05) is 18.2 Å². The van der Waals surface area contributed by atoms with Gasteiger partial charge in [0.15, 0.2) is 5.78 Å². The first kappa shape index (κ1) is 21.4. The lowest BCUT2D eigenvalue weighted by atomic mass is 10.1. The second-order valence-corrected chi connectivity index (χ2v) is 6.31. The van der Waals surface area contributed by atoms with Crippen LogP contribution < -0.4 is 0 Å². The number of carbonyl (C=O) groups is 2. The molecule has 1 aliphatic rings. The Balaban J connectivity index is 2.04. The molecule has 2 atom stereocenters. The fourth-order valence-corrected chi connectivity index (χ4v) is 2.48. The Morgan fingerprint density at radius 1 is 1.08 bits per heavy atom. The average molecular weight is 348 g/mol. The van der Waals surface area contributed by atoms with Crippen LogP contribution in [0.5, 0.6) is 0 Å². The van der Waals surface area contributed by atoms with Crippen molar-refractivity contribution in [1.82, 2.24) is 0 Å². The van der Waals surface area contributed by atoms with Crippen LogP contribution in [0, 0.1) is 0 Å². The highest BCUT2D eigenvalue weighted by molar-refractivity contribution is 5.90. The maximum absolute atomic E-state index is 11.8. The third-order valence-electron chi connectivity index (χ3n) is 4.09. The fourth-order valence-electron chi connectivity index (χ4n) is 2.48. The quantitative estimate of drug-likeness (QED) is 0.150. The van der Waals surface area contributed by atoms with Crippen LogP contribution in [0.4, 0.5) is 0 Å². The second kappa shape index (κ2) is 13.6. The van der Waals surface area contributed by atoms with Gasteiger partial charge in [0.25, 0.3) is 0 Å². The van der Waals surface area contributed by atoms with E-state index in [9.17, 15) is 9.59 Å². The molecule has 1 aliphatic heterocycles. The number of esters is 1. The van der Waals surface area contributed by atoms with Gasteiger partial charge in [0.1, 0.15) is 6.10 Å². The zero-order valence-corrected chi connectivity index (χ0v) is 15.6. The number of hydrogen-bond acceptors (Lipinski definition) is 4. The zero-order chi connectivity index (χ0) is 18.3. The number of epoxide rings is 1. The van der Waals surface area contributed by atoms with E-state index in [1.54, 1.807) is 6.08 Å². The molecule has 0 N–H and O–H groups in total. The average Bonchev–Trinajstić information content (AvgIpc) is 3.36. The van der Waals surface area contributed by atoms with E-state index >= 15 is 0 Å². The minimum absolute atomic E-state index is 0.0247. The normalized spacial score (nSPS) is 19.9. The van der Waals surface area contributed by atoms with Gasteiger partial charge in [-0.2, -0.15) is 0 Å². The molecule has 2 unspecified atom stereocenters. The standard InChI is InChI=1S/C21H32O4/c1-3-4-5-6-7-8-9-10-11-13-18(22)16-17-20-19(25-20)14-12-15-21(23)24-2/h7-8,10-11,16-17,19-20H,3-6,9,12-15H2,1-2H3/b8-7-,11-10-,17-16+. The molecule has 0 aromatic rings. The Morgan fingerprint density at radius 2 is 1.88 bits per heavy atom. The first-order valence-electron chi connectivity index (χ1n) is 9.40. The van der Waals surface area contributed by atoms with Crippen LogP contribution in [0.3, 0.4) is 0 Å². The number of hydrogen-bond donors (Lipinski definition) is 0. The summed E-state index contributed by atoms with van der Waals surface area (Å²) in [5.74, 6) is -0.0995. The Morgan fingerprint density at radius 3 is 2.64 bits per heavy atom. The third-order valence-corrected chi connectivity index (χ3v) is 4.09. The van der Waals surface area contributed by atoms with Crippen molar-refractivity contribution >= 4 is 11.8 Å². The maximum Gasteiger partial charge on any atom is 0.305 e. The van der Waals surface area contributed by atoms with Gasteiger partial charge in [-0.05, 0) is 44.3 Å². The molecule has 4 heteroatoms. The van der Waals surface area contributed by atoms with Crippen LogP contribution in [-0.4, -0.2) is 31.1 Å². The number of unbranched alkanes of at least 4 members (excludes halogenated alkanes) is 3. The van der Waals surface area contributed by atoms with Crippen molar-refractivity contribution in [3.63, 3.8) is 0 Å². The van der Waals surface area contributed by atoms with Gasteiger partial charge in [-0.1, -0.05) is 44.1 Å². The molecular formula is C21H32O4. The summed E-state index contributed by atoms with van der Waals surface area (Å²) in [6.07, 6.45) is 20.2. The van der Waals surface area contributed by atoms with E-state index in [0.29, 0.717) is 12.8 Å². The molecule has 25 heavy (non-hydrogen) atoms. The predicted octanol–water partition coefficient (Wildman–Crippen LogP) is 4.70. The summed E-state index contributed by atoms with van der Waals surface area (Å²) < 4.78 is 10.1. The summed E-state index contributed by atoms with van der Waals surface area (Å²) in [5.41, 5.74) is 0. The van der Waals surface area contributed by atoms with E-state index in [-0.39, 0.29) is 24.0 Å². The maximum atomic E-state index is 11.8. The Kier molecular flexibility index (Phi) is 11.6. The lowest BCUT2D eigenvalue weighted by molar-refractivity contribution is -0.140. The van der Waals surface area contributed by atoms with Gasteiger partial charge >= 0.3 is 5.97 Å². The van der Waals surface area contributed by atoms with Crippen molar-refractivity contribution in [3.8, 4) is 0 Å². The molecule has 1 saturated heterocycles. The van der Waals surface area contributed by atoms with E-state index in [1.165, 1.54) is 26.4 Å². The number of rotatable bonds is 14. The molecule has 1 rings (SSSR count). The Hall–Kier alpha value is -1.68. The lowest BCUT2D eigenvalue weighted by Gasteiger charge is -1.96. The van der Waals surface area contributed by atoms with Crippen molar-refractivity contribution in [3.05, 3.63) is 36.5 Å². The topological polar surface area (TPSA) is 55.9 Å². The summed E-state index contributed by atoms with van der Waals surface area (Å²) in [5, 5.41) is 0. The van der Waals surface area contributed by atoms with Gasteiger partial charge < -0.3 is 9.47 Å². The minimum atomic E-state index is -0.189. The summed E-state index contributed by atoms with van der Waals surface area (Å²) in [4.78, 5) is 22.8. The Bertz CT molecular complexity index is 476. The predicted molar refractivity (Wildman–Crippen MR) is 100 cm³/mol. The summed E-state index contributed by atoms with van der Waals surface area (Å²) in [7, 11) is 1.39. The van der Waals surface area contributed by atoms with Crippen LogP contribution in [0.2, 0.25) is 0 Å². The minimum Gasteiger partial charge on any atom is -0.469 e. The molecule has 0 aromatic heterocycles. The number of methoxy groups -OCH3 is 1. The second-order valence-electron chi connectivity index (χ2n) is 6.31. The largest absolute Gasteiger partial charge is 0.469 e. The van der Waals surface area contributed by atoms with Gasteiger partial charge in [0.05, 0.1) is 13.2 Å². The van der Waals surface area contributed by atoms with Crippen molar-refractivity contribution in [1.29, 1.82) is 0 Å². The molecular weight excluding hydrogens is 316 g/mol. The lowest BCUT2D eigenvalue weighted by Crippen LogP contribution is -2.01. The van der Waals surface area contributed by atoms with Gasteiger partial charge in [-0.25, -0.2) is 0 Å². The molecule has 0 radical (unpaired) electrons. The van der Waals surface area contributed by atoms with Crippen molar-refractivity contribution in [2.24, 2.45) is 0 Å². The monoisotopic (exact) mass is 348 g/mol. The molecule has 0 bridgehead atoms. The van der Waals surface area contributed by atoms with Crippen LogP contribution in [0.1, 0.15) is 64.7 Å². The zero-order valence-electron chi connectivity index (χ0n) is 15.6. The van der Waals surface area contributed by atoms with Crippen LogP contribution >= 0.6 is 0 Å². The molecule has 1 heterocycles. The highest BCUT2D eigenvalue weighted by atomic mass is 16.6.